The van der Waals surface area contributed by atoms with E-state index in [2.05, 4.69) is 10.2 Å². The molecule has 0 aliphatic carbocycles. The van der Waals surface area contributed by atoms with Crippen LogP contribution in [-0.4, -0.2) is 38.4 Å². The summed E-state index contributed by atoms with van der Waals surface area (Å²) in [6.07, 6.45) is 5.69. The Hall–Kier alpha value is -1.88. The Morgan fingerprint density at radius 2 is 2.05 bits per heavy atom. The number of rotatable bonds is 4. The van der Waals surface area contributed by atoms with Crippen LogP contribution in [-0.2, 0) is 17.8 Å². The Kier molecular flexibility index (Phi) is 4.20. The van der Waals surface area contributed by atoms with E-state index in [0.29, 0.717) is 18.0 Å². The normalized spacial score (nSPS) is 18.1. The van der Waals surface area contributed by atoms with Gasteiger partial charge in [-0.3, -0.25) is 4.79 Å². The van der Waals surface area contributed by atoms with E-state index in [-0.39, 0.29) is 11.9 Å². The van der Waals surface area contributed by atoms with Gasteiger partial charge in [0.15, 0.2) is 0 Å². The molecule has 0 radical (unpaired) electrons. The Morgan fingerprint density at radius 1 is 1.29 bits per heavy atom. The topological polar surface area (TPSA) is 51.0 Å². The summed E-state index contributed by atoms with van der Waals surface area (Å²) in [5.41, 5.74) is 0.882. The first-order chi connectivity index (χ1) is 10.2. The van der Waals surface area contributed by atoms with Crippen molar-refractivity contribution in [2.45, 2.75) is 31.8 Å². The molecule has 0 spiro atoms. The van der Waals surface area contributed by atoms with Crippen LogP contribution < -0.4 is 0 Å². The highest BCUT2D eigenvalue weighted by atomic mass is 35.5. The van der Waals surface area contributed by atoms with Crippen molar-refractivity contribution < 1.29 is 4.79 Å². The lowest BCUT2D eigenvalue weighted by molar-refractivity contribution is -0.131. The molecule has 3 rings (SSSR count). The van der Waals surface area contributed by atoms with E-state index in [0.717, 1.165) is 24.9 Å². The number of benzene rings is 1. The fraction of sp³-hybridized carbons (Fsp3) is 0.400. The predicted molar refractivity (Wildman–Crippen MR) is 79.9 cm³/mol. The van der Waals surface area contributed by atoms with Gasteiger partial charge in [-0.2, -0.15) is 15.0 Å². The van der Waals surface area contributed by atoms with Crippen LogP contribution in [0, 0.1) is 0 Å². The summed E-state index contributed by atoms with van der Waals surface area (Å²) in [6.45, 7) is 1.45. The van der Waals surface area contributed by atoms with E-state index in [1.807, 2.05) is 29.2 Å². The lowest BCUT2D eigenvalue weighted by Crippen LogP contribution is -2.39. The molecule has 110 valence electrons. The molecular formula is C15H17ClN4O. The van der Waals surface area contributed by atoms with Crippen molar-refractivity contribution in [2.24, 2.45) is 0 Å². The van der Waals surface area contributed by atoms with Gasteiger partial charge in [0.2, 0.25) is 5.91 Å². The molecule has 1 aliphatic rings. The number of carbonyl (C=O) groups is 1. The summed E-state index contributed by atoms with van der Waals surface area (Å²) in [7, 11) is 0. The van der Waals surface area contributed by atoms with Gasteiger partial charge in [0.1, 0.15) is 0 Å². The third-order valence-electron chi connectivity index (χ3n) is 3.84. The third kappa shape index (κ3) is 3.24. The molecule has 1 amide bonds. The Morgan fingerprint density at radius 3 is 2.81 bits per heavy atom. The van der Waals surface area contributed by atoms with Crippen molar-refractivity contribution >= 4 is 17.5 Å². The second-order valence-corrected chi connectivity index (χ2v) is 5.64. The maximum Gasteiger partial charge on any atom is 0.227 e. The van der Waals surface area contributed by atoms with E-state index in [1.165, 1.54) is 0 Å². The first-order valence-corrected chi connectivity index (χ1v) is 7.49. The summed E-state index contributed by atoms with van der Waals surface area (Å²) in [6, 6.07) is 7.68. The average molecular weight is 305 g/mol. The maximum atomic E-state index is 12.5. The number of hydrogen-bond donors (Lipinski definition) is 0. The minimum atomic E-state index is 0.123. The summed E-state index contributed by atoms with van der Waals surface area (Å²) in [4.78, 5) is 16.1. The zero-order chi connectivity index (χ0) is 14.7. The SMILES string of the molecule is O=C(Cc1ccccc1Cl)N1CCCC1Cn1nccn1. The van der Waals surface area contributed by atoms with Crippen LogP contribution in [0.15, 0.2) is 36.7 Å². The lowest BCUT2D eigenvalue weighted by atomic mass is 10.1. The minimum Gasteiger partial charge on any atom is -0.337 e. The van der Waals surface area contributed by atoms with E-state index >= 15 is 0 Å². The summed E-state index contributed by atoms with van der Waals surface area (Å²) in [5, 5.41) is 8.88. The van der Waals surface area contributed by atoms with Crippen molar-refractivity contribution in [1.82, 2.24) is 19.9 Å². The largest absolute Gasteiger partial charge is 0.337 e. The molecule has 6 heteroatoms. The highest BCUT2D eigenvalue weighted by Gasteiger charge is 2.29. The number of likely N-dealkylation sites (tertiary alicyclic amines) is 1. The molecule has 2 heterocycles. The van der Waals surface area contributed by atoms with Gasteiger partial charge in [0.25, 0.3) is 0 Å². The van der Waals surface area contributed by atoms with Crippen LogP contribution in [0.1, 0.15) is 18.4 Å². The van der Waals surface area contributed by atoms with Crippen LogP contribution in [0.5, 0.6) is 0 Å². The van der Waals surface area contributed by atoms with Gasteiger partial charge >= 0.3 is 0 Å². The number of aromatic nitrogens is 3. The quantitative estimate of drug-likeness (QED) is 0.870. The molecule has 2 aromatic rings. The summed E-state index contributed by atoms with van der Waals surface area (Å²) in [5.74, 6) is 0.123. The van der Waals surface area contributed by atoms with Crippen molar-refractivity contribution in [2.75, 3.05) is 6.54 Å². The van der Waals surface area contributed by atoms with E-state index in [9.17, 15) is 4.79 Å². The van der Waals surface area contributed by atoms with Crippen LogP contribution in [0.4, 0.5) is 0 Å². The zero-order valence-corrected chi connectivity index (χ0v) is 12.4. The highest BCUT2D eigenvalue weighted by molar-refractivity contribution is 6.31. The van der Waals surface area contributed by atoms with Gasteiger partial charge in [-0.1, -0.05) is 29.8 Å². The van der Waals surface area contributed by atoms with E-state index in [4.69, 9.17) is 11.6 Å². The molecule has 21 heavy (non-hydrogen) atoms. The van der Waals surface area contributed by atoms with Crippen LogP contribution in [0.25, 0.3) is 0 Å². The van der Waals surface area contributed by atoms with Crippen LogP contribution >= 0.6 is 11.6 Å². The Balaban J connectivity index is 1.67. The summed E-state index contributed by atoms with van der Waals surface area (Å²) >= 11 is 6.13. The molecule has 0 N–H and O–H groups in total. The van der Waals surface area contributed by atoms with E-state index < -0.39 is 0 Å². The molecule has 1 saturated heterocycles. The molecular weight excluding hydrogens is 288 g/mol. The fourth-order valence-corrected chi connectivity index (χ4v) is 2.99. The highest BCUT2D eigenvalue weighted by Crippen LogP contribution is 2.22. The van der Waals surface area contributed by atoms with Gasteiger partial charge in [0.05, 0.1) is 31.4 Å². The fourth-order valence-electron chi connectivity index (χ4n) is 2.79. The molecule has 1 fully saturated rings. The van der Waals surface area contributed by atoms with Gasteiger partial charge in [-0.25, -0.2) is 0 Å². The zero-order valence-electron chi connectivity index (χ0n) is 11.7. The Labute approximate surface area is 128 Å². The second-order valence-electron chi connectivity index (χ2n) is 5.24. The van der Waals surface area contributed by atoms with Crippen LogP contribution in [0.3, 0.4) is 0 Å². The monoisotopic (exact) mass is 304 g/mol. The van der Waals surface area contributed by atoms with Gasteiger partial charge in [0, 0.05) is 11.6 Å². The predicted octanol–water partition coefficient (Wildman–Crippen LogP) is 2.17. The number of carbonyl (C=O) groups excluding carboxylic acids is 1. The number of nitrogens with zero attached hydrogens (tertiary/aromatic N) is 4. The number of amides is 1. The third-order valence-corrected chi connectivity index (χ3v) is 4.21. The van der Waals surface area contributed by atoms with Gasteiger partial charge in [-0.15, -0.1) is 0 Å². The standard InChI is InChI=1S/C15H17ClN4O/c16-14-6-2-1-4-12(14)10-15(21)19-9-3-5-13(19)11-20-17-7-8-18-20/h1-2,4,6-8,13H,3,5,9-11H2. The number of halogens is 1. The summed E-state index contributed by atoms with van der Waals surface area (Å²) < 4.78 is 0. The first-order valence-electron chi connectivity index (χ1n) is 7.11. The van der Waals surface area contributed by atoms with Crippen molar-refractivity contribution in [1.29, 1.82) is 0 Å². The lowest BCUT2D eigenvalue weighted by Gasteiger charge is -2.24. The molecule has 5 nitrogen and oxygen atoms in total. The molecule has 1 atom stereocenters. The molecule has 0 bridgehead atoms. The number of hydrogen-bond acceptors (Lipinski definition) is 3. The van der Waals surface area contributed by atoms with Crippen molar-refractivity contribution in [3.8, 4) is 0 Å². The van der Waals surface area contributed by atoms with Crippen molar-refractivity contribution in [3.63, 3.8) is 0 Å². The van der Waals surface area contributed by atoms with Gasteiger partial charge in [-0.05, 0) is 24.5 Å². The average Bonchev–Trinajstić information content (AvgIpc) is 3.13. The smallest absolute Gasteiger partial charge is 0.227 e. The van der Waals surface area contributed by atoms with Gasteiger partial charge < -0.3 is 4.90 Å². The first kappa shape index (κ1) is 14.1. The van der Waals surface area contributed by atoms with E-state index in [1.54, 1.807) is 17.2 Å². The minimum absolute atomic E-state index is 0.123. The molecule has 1 aliphatic heterocycles. The Bertz CT molecular complexity index is 614. The van der Waals surface area contributed by atoms with Crippen LogP contribution in [0.2, 0.25) is 5.02 Å². The molecule has 0 saturated carbocycles. The molecule has 1 unspecified atom stereocenters. The molecule has 1 aromatic heterocycles. The molecule has 1 aromatic carbocycles. The maximum absolute atomic E-state index is 12.5. The second kappa shape index (κ2) is 6.26. The van der Waals surface area contributed by atoms with Crippen molar-refractivity contribution in [3.05, 3.63) is 47.2 Å².